The van der Waals surface area contributed by atoms with Crippen LogP contribution in [0.4, 0.5) is 15.9 Å². The zero-order valence-electron chi connectivity index (χ0n) is 15.1. The maximum Gasteiger partial charge on any atom is 0.141 e. The lowest BCUT2D eigenvalue weighted by Crippen LogP contribution is -2.07. The summed E-state index contributed by atoms with van der Waals surface area (Å²) in [4.78, 5) is 4.60. The molecule has 0 saturated carbocycles. The normalized spacial score (nSPS) is 15.5. The van der Waals surface area contributed by atoms with Crippen LogP contribution in [0.25, 0.3) is 11.3 Å². The van der Waals surface area contributed by atoms with Gasteiger partial charge in [0.05, 0.1) is 11.1 Å². The lowest BCUT2D eigenvalue weighted by Gasteiger charge is -2.16. The largest absolute Gasteiger partial charge is 0.375 e. The van der Waals surface area contributed by atoms with Crippen molar-refractivity contribution in [1.29, 1.82) is 0 Å². The van der Waals surface area contributed by atoms with Crippen LogP contribution in [-0.2, 0) is 7.05 Å². The third kappa shape index (κ3) is 3.40. The first-order chi connectivity index (χ1) is 13.0. The first kappa shape index (κ1) is 17.6. The Morgan fingerprint density at radius 1 is 1.11 bits per heavy atom. The molecule has 1 aliphatic heterocycles. The number of benzene rings is 2. The molecule has 1 unspecified atom stereocenters. The molecule has 4 rings (SSSR count). The molecular formula is C22H19ClFN3. The smallest absolute Gasteiger partial charge is 0.141 e. The van der Waals surface area contributed by atoms with Crippen LogP contribution in [0.15, 0.2) is 65.7 Å². The van der Waals surface area contributed by atoms with E-state index in [-0.39, 0.29) is 11.1 Å². The Labute approximate surface area is 162 Å². The summed E-state index contributed by atoms with van der Waals surface area (Å²) in [5.41, 5.74) is 5.27. The van der Waals surface area contributed by atoms with Crippen molar-refractivity contribution in [2.75, 3.05) is 5.32 Å². The molecule has 27 heavy (non-hydrogen) atoms. The predicted octanol–water partition coefficient (Wildman–Crippen LogP) is 6.22. The number of hydrogen-bond donors (Lipinski definition) is 1. The summed E-state index contributed by atoms with van der Waals surface area (Å²) in [5, 5.41) is 3.51. The van der Waals surface area contributed by atoms with Crippen LogP contribution in [0.3, 0.4) is 0 Å². The second kappa shape index (κ2) is 7.05. The number of aryl methyl sites for hydroxylation is 1. The van der Waals surface area contributed by atoms with Crippen LogP contribution in [0, 0.1) is 12.7 Å². The second-order valence-corrected chi connectivity index (χ2v) is 7.05. The van der Waals surface area contributed by atoms with E-state index in [0.717, 1.165) is 28.3 Å². The Bertz CT molecular complexity index is 1050. The van der Waals surface area contributed by atoms with Gasteiger partial charge in [-0.1, -0.05) is 47.5 Å². The monoisotopic (exact) mass is 379 g/mol. The standard InChI is InChI=1S/C22H19ClFN3/c1-14-5-7-15(8-6-14)21-13-17-20(4-3-11-25-22(17)27(21)2)26-16-9-10-19(24)18(23)12-16/h3-13,20,26H,1-2H3. The number of nitrogens with one attached hydrogen (secondary N) is 1. The Hall–Kier alpha value is -2.85. The lowest BCUT2D eigenvalue weighted by molar-refractivity contribution is 0.628. The van der Waals surface area contributed by atoms with Gasteiger partial charge in [0.15, 0.2) is 0 Å². The van der Waals surface area contributed by atoms with Crippen LogP contribution in [-0.4, -0.2) is 10.8 Å². The minimum Gasteiger partial charge on any atom is -0.375 e. The van der Waals surface area contributed by atoms with Crippen LogP contribution in [0.2, 0.25) is 5.02 Å². The molecule has 3 aromatic rings. The predicted molar refractivity (Wildman–Crippen MR) is 111 cm³/mol. The van der Waals surface area contributed by atoms with E-state index in [1.54, 1.807) is 18.3 Å². The molecule has 0 aliphatic carbocycles. The lowest BCUT2D eigenvalue weighted by atomic mass is 10.1. The van der Waals surface area contributed by atoms with Gasteiger partial charge in [0.25, 0.3) is 0 Å². The number of anilines is 1. The molecule has 0 spiro atoms. The van der Waals surface area contributed by atoms with E-state index in [0.29, 0.717) is 0 Å². The van der Waals surface area contributed by atoms with Gasteiger partial charge in [0, 0.05) is 30.2 Å². The maximum atomic E-state index is 13.5. The van der Waals surface area contributed by atoms with E-state index in [1.807, 2.05) is 19.2 Å². The summed E-state index contributed by atoms with van der Waals surface area (Å²) < 4.78 is 15.5. The van der Waals surface area contributed by atoms with Crippen molar-refractivity contribution in [2.45, 2.75) is 13.0 Å². The first-order valence-corrected chi connectivity index (χ1v) is 9.10. The molecule has 1 atom stereocenters. The van der Waals surface area contributed by atoms with Crippen molar-refractivity contribution < 1.29 is 4.39 Å². The SMILES string of the molecule is Cc1ccc(-c2cc3c(n2C)N=CC=CC3Nc2ccc(F)c(Cl)c2)cc1. The number of hydrogen-bond acceptors (Lipinski definition) is 2. The molecule has 0 amide bonds. The van der Waals surface area contributed by atoms with Crippen molar-refractivity contribution in [3.8, 4) is 11.3 Å². The highest BCUT2D eigenvalue weighted by atomic mass is 35.5. The van der Waals surface area contributed by atoms with E-state index in [4.69, 9.17) is 11.6 Å². The van der Waals surface area contributed by atoms with Gasteiger partial charge in [-0.3, -0.25) is 0 Å². The van der Waals surface area contributed by atoms with E-state index in [9.17, 15) is 4.39 Å². The minimum atomic E-state index is -0.427. The Morgan fingerprint density at radius 3 is 2.63 bits per heavy atom. The third-order valence-corrected chi connectivity index (χ3v) is 5.03. The molecule has 2 heterocycles. The van der Waals surface area contributed by atoms with Gasteiger partial charge in [0.1, 0.15) is 11.6 Å². The van der Waals surface area contributed by atoms with E-state index in [1.165, 1.54) is 11.6 Å². The quantitative estimate of drug-likeness (QED) is 0.575. The summed E-state index contributed by atoms with van der Waals surface area (Å²) >= 11 is 5.92. The fourth-order valence-corrected chi connectivity index (χ4v) is 3.46. The molecule has 2 aromatic carbocycles. The highest BCUT2D eigenvalue weighted by Gasteiger charge is 2.21. The van der Waals surface area contributed by atoms with Crippen molar-refractivity contribution in [2.24, 2.45) is 12.0 Å². The van der Waals surface area contributed by atoms with Crippen LogP contribution >= 0.6 is 11.6 Å². The number of nitrogens with zero attached hydrogens (tertiary/aromatic N) is 2. The zero-order valence-corrected chi connectivity index (χ0v) is 15.8. The molecule has 3 nitrogen and oxygen atoms in total. The van der Waals surface area contributed by atoms with Crippen molar-refractivity contribution in [1.82, 2.24) is 4.57 Å². The van der Waals surface area contributed by atoms with E-state index < -0.39 is 5.82 Å². The number of allylic oxidation sites excluding steroid dienone is 1. The fourth-order valence-electron chi connectivity index (χ4n) is 3.28. The summed E-state index contributed by atoms with van der Waals surface area (Å²) in [5.74, 6) is 0.463. The number of halogens is 2. The number of aliphatic imine (C=N–C) groups is 1. The topological polar surface area (TPSA) is 29.3 Å². The summed E-state index contributed by atoms with van der Waals surface area (Å²) in [6, 6.07) is 15.1. The number of fused-ring (bicyclic) bond motifs is 1. The highest BCUT2D eigenvalue weighted by Crippen LogP contribution is 2.37. The first-order valence-electron chi connectivity index (χ1n) is 8.72. The molecule has 0 radical (unpaired) electrons. The van der Waals surface area contributed by atoms with Gasteiger partial charge in [0.2, 0.25) is 0 Å². The summed E-state index contributed by atoms with van der Waals surface area (Å²) in [6.07, 6.45) is 5.73. The molecule has 0 saturated heterocycles. The molecule has 5 heteroatoms. The fraction of sp³-hybridized carbons (Fsp3) is 0.136. The van der Waals surface area contributed by atoms with Gasteiger partial charge >= 0.3 is 0 Å². The van der Waals surface area contributed by atoms with Gasteiger partial charge in [-0.05, 0) is 42.8 Å². The highest BCUT2D eigenvalue weighted by molar-refractivity contribution is 6.31. The van der Waals surface area contributed by atoms with Gasteiger partial charge < -0.3 is 9.88 Å². The van der Waals surface area contributed by atoms with Crippen molar-refractivity contribution in [3.63, 3.8) is 0 Å². The second-order valence-electron chi connectivity index (χ2n) is 6.65. The number of rotatable bonds is 3. The molecule has 136 valence electrons. The van der Waals surface area contributed by atoms with Gasteiger partial charge in [-0.2, -0.15) is 0 Å². The van der Waals surface area contributed by atoms with Crippen LogP contribution in [0.5, 0.6) is 0 Å². The number of aromatic nitrogens is 1. The Kier molecular flexibility index (Phi) is 4.58. The molecule has 1 aliphatic rings. The summed E-state index contributed by atoms with van der Waals surface area (Å²) in [6.45, 7) is 2.08. The third-order valence-electron chi connectivity index (χ3n) is 4.74. The van der Waals surface area contributed by atoms with E-state index in [2.05, 4.69) is 52.1 Å². The minimum absolute atomic E-state index is 0.0995. The average molecular weight is 380 g/mol. The molecular weight excluding hydrogens is 361 g/mol. The maximum absolute atomic E-state index is 13.5. The zero-order chi connectivity index (χ0) is 19.0. The van der Waals surface area contributed by atoms with Crippen molar-refractivity contribution >= 4 is 29.3 Å². The molecule has 1 N–H and O–H groups in total. The van der Waals surface area contributed by atoms with Crippen LogP contribution in [0.1, 0.15) is 17.2 Å². The summed E-state index contributed by atoms with van der Waals surface area (Å²) in [7, 11) is 2.02. The molecule has 0 fully saturated rings. The molecule has 1 aromatic heterocycles. The van der Waals surface area contributed by atoms with Crippen molar-refractivity contribution in [3.05, 3.63) is 82.6 Å². The Morgan fingerprint density at radius 2 is 1.89 bits per heavy atom. The van der Waals surface area contributed by atoms with Gasteiger partial charge in [-0.25, -0.2) is 9.38 Å². The average Bonchev–Trinajstić information content (AvgIpc) is 2.85. The Balaban J connectivity index is 1.74. The van der Waals surface area contributed by atoms with E-state index >= 15 is 0 Å². The van der Waals surface area contributed by atoms with Crippen LogP contribution < -0.4 is 5.32 Å². The van der Waals surface area contributed by atoms with Gasteiger partial charge in [-0.15, -0.1) is 0 Å². The molecule has 0 bridgehead atoms.